The molecule has 78 valence electrons. The summed E-state index contributed by atoms with van der Waals surface area (Å²) in [5.74, 6) is -0.437. The van der Waals surface area contributed by atoms with Crippen LogP contribution in [0.2, 0.25) is 0 Å². The fourth-order valence-electron chi connectivity index (χ4n) is 1.17. The molecule has 0 aromatic carbocycles. The number of ether oxygens (including phenoxy) is 2. The normalized spacial score (nSPS) is 9.20. The van der Waals surface area contributed by atoms with Gasteiger partial charge in [-0.2, -0.15) is 5.26 Å². The molecule has 15 heavy (non-hydrogen) atoms. The molecule has 0 aliphatic heterocycles. The van der Waals surface area contributed by atoms with Crippen molar-refractivity contribution in [1.82, 2.24) is 4.98 Å². The van der Waals surface area contributed by atoms with E-state index in [0.29, 0.717) is 5.69 Å². The van der Waals surface area contributed by atoms with Gasteiger partial charge in [0.1, 0.15) is 11.6 Å². The lowest BCUT2D eigenvalue weighted by atomic mass is 10.1. The van der Waals surface area contributed by atoms with Crippen LogP contribution >= 0.6 is 0 Å². The molecular formula is C10H10N2O3. The molecule has 0 unspecified atom stereocenters. The van der Waals surface area contributed by atoms with Crippen LogP contribution in [0.15, 0.2) is 6.07 Å². The number of rotatable bonds is 2. The van der Waals surface area contributed by atoms with E-state index in [4.69, 9.17) is 10.00 Å². The molecule has 1 heterocycles. The summed E-state index contributed by atoms with van der Waals surface area (Å²) in [4.78, 5) is 15.3. The molecule has 0 saturated heterocycles. The standard InChI is InChI=1S/C10H10N2O3/c1-6-4-7(10(13)15-3)8(5-11)9(12-6)14-2/h4H,1-3H3. The lowest BCUT2D eigenvalue weighted by molar-refractivity contribution is 0.0599. The average molecular weight is 206 g/mol. The van der Waals surface area contributed by atoms with Crippen molar-refractivity contribution in [1.29, 1.82) is 5.26 Å². The van der Waals surface area contributed by atoms with Gasteiger partial charge < -0.3 is 9.47 Å². The summed E-state index contributed by atoms with van der Waals surface area (Å²) in [5, 5.41) is 8.89. The highest BCUT2D eigenvalue weighted by Gasteiger charge is 2.18. The molecule has 0 aliphatic carbocycles. The van der Waals surface area contributed by atoms with Crippen molar-refractivity contribution in [2.24, 2.45) is 0 Å². The van der Waals surface area contributed by atoms with Gasteiger partial charge >= 0.3 is 5.97 Å². The maximum atomic E-state index is 11.4. The highest BCUT2D eigenvalue weighted by molar-refractivity contribution is 5.92. The molecule has 0 amide bonds. The van der Waals surface area contributed by atoms with Crippen molar-refractivity contribution in [3.05, 3.63) is 22.9 Å². The monoisotopic (exact) mass is 206 g/mol. The summed E-state index contributed by atoms with van der Waals surface area (Å²) in [6, 6.07) is 3.36. The Morgan fingerprint density at radius 1 is 1.53 bits per heavy atom. The Labute approximate surface area is 87.3 Å². The SMILES string of the molecule is COC(=O)c1cc(C)nc(OC)c1C#N. The summed E-state index contributed by atoms with van der Waals surface area (Å²) in [5.41, 5.74) is 0.852. The van der Waals surface area contributed by atoms with Gasteiger partial charge in [0.15, 0.2) is 0 Å². The van der Waals surface area contributed by atoms with E-state index < -0.39 is 5.97 Å². The van der Waals surface area contributed by atoms with Crippen molar-refractivity contribution in [3.63, 3.8) is 0 Å². The van der Waals surface area contributed by atoms with Gasteiger partial charge in [0.05, 0.1) is 19.8 Å². The quantitative estimate of drug-likeness (QED) is 0.676. The van der Waals surface area contributed by atoms with Crippen LogP contribution in [-0.2, 0) is 4.74 Å². The number of aryl methyl sites for hydroxylation is 1. The van der Waals surface area contributed by atoms with Gasteiger partial charge in [-0.05, 0) is 13.0 Å². The molecular weight excluding hydrogens is 196 g/mol. The molecule has 0 radical (unpaired) electrons. The first-order chi connectivity index (χ1) is 7.13. The smallest absolute Gasteiger partial charge is 0.339 e. The third kappa shape index (κ3) is 2.05. The van der Waals surface area contributed by atoms with Gasteiger partial charge in [-0.1, -0.05) is 0 Å². The van der Waals surface area contributed by atoms with Crippen LogP contribution in [0.5, 0.6) is 5.88 Å². The minimum Gasteiger partial charge on any atom is -0.480 e. The maximum absolute atomic E-state index is 11.4. The Morgan fingerprint density at radius 2 is 2.20 bits per heavy atom. The highest BCUT2D eigenvalue weighted by Crippen LogP contribution is 2.20. The van der Waals surface area contributed by atoms with Gasteiger partial charge in [-0.15, -0.1) is 0 Å². The molecule has 1 rings (SSSR count). The lowest BCUT2D eigenvalue weighted by Gasteiger charge is -2.07. The fourth-order valence-corrected chi connectivity index (χ4v) is 1.17. The predicted octanol–water partition coefficient (Wildman–Crippen LogP) is 1.06. The lowest BCUT2D eigenvalue weighted by Crippen LogP contribution is -2.07. The second-order valence-corrected chi connectivity index (χ2v) is 2.80. The number of pyridine rings is 1. The number of hydrogen-bond donors (Lipinski definition) is 0. The summed E-state index contributed by atoms with van der Waals surface area (Å²) < 4.78 is 9.47. The van der Waals surface area contributed by atoms with Gasteiger partial charge in [0.2, 0.25) is 5.88 Å². The first kappa shape index (κ1) is 11.0. The number of carbonyl (C=O) groups excluding carboxylic acids is 1. The predicted molar refractivity (Wildman–Crippen MR) is 51.6 cm³/mol. The number of esters is 1. The van der Waals surface area contributed by atoms with Crippen LogP contribution < -0.4 is 4.74 Å². The Kier molecular flexibility index (Phi) is 3.24. The number of hydrogen-bond acceptors (Lipinski definition) is 5. The van der Waals surface area contributed by atoms with E-state index in [-0.39, 0.29) is 17.0 Å². The molecule has 0 bridgehead atoms. The topological polar surface area (TPSA) is 72.2 Å². The van der Waals surface area contributed by atoms with Gasteiger partial charge in [0.25, 0.3) is 0 Å². The maximum Gasteiger partial charge on any atom is 0.339 e. The minimum absolute atomic E-state index is 0.0925. The first-order valence-corrected chi connectivity index (χ1v) is 4.18. The second kappa shape index (κ2) is 4.42. The largest absolute Gasteiger partial charge is 0.480 e. The Bertz CT molecular complexity index is 435. The molecule has 0 fully saturated rings. The third-order valence-electron chi connectivity index (χ3n) is 1.82. The van der Waals surface area contributed by atoms with E-state index in [2.05, 4.69) is 9.72 Å². The van der Waals surface area contributed by atoms with E-state index in [0.717, 1.165) is 0 Å². The molecule has 5 nitrogen and oxygen atoms in total. The number of nitrogens with zero attached hydrogens (tertiary/aromatic N) is 2. The van der Waals surface area contributed by atoms with Crippen LogP contribution in [0, 0.1) is 18.3 Å². The van der Waals surface area contributed by atoms with E-state index in [1.165, 1.54) is 20.3 Å². The summed E-state index contributed by atoms with van der Waals surface area (Å²) >= 11 is 0. The minimum atomic E-state index is -0.574. The number of carbonyl (C=O) groups is 1. The average Bonchev–Trinajstić information content (AvgIpc) is 2.26. The van der Waals surface area contributed by atoms with E-state index in [1.807, 2.05) is 6.07 Å². The van der Waals surface area contributed by atoms with Crippen molar-refractivity contribution in [3.8, 4) is 11.9 Å². The number of nitriles is 1. The third-order valence-corrected chi connectivity index (χ3v) is 1.82. The molecule has 0 saturated carbocycles. The number of methoxy groups -OCH3 is 2. The van der Waals surface area contributed by atoms with Gasteiger partial charge in [0, 0.05) is 5.69 Å². The molecule has 0 N–H and O–H groups in total. The molecule has 0 spiro atoms. The zero-order valence-electron chi connectivity index (χ0n) is 8.70. The molecule has 5 heteroatoms. The van der Waals surface area contributed by atoms with E-state index >= 15 is 0 Å². The van der Waals surface area contributed by atoms with E-state index in [9.17, 15) is 4.79 Å². The Morgan fingerprint density at radius 3 is 2.67 bits per heavy atom. The molecule has 0 atom stereocenters. The van der Waals surface area contributed by atoms with Crippen molar-refractivity contribution in [2.45, 2.75) is 6.92 Å². The fraction of sp³-hybridized carbons (Fsp3) is 0.300. The van der Waals surface area contributed by atoms with Crippen molar-refractivity contribution >= 4 is 5.97 Å². The molecule has 1 aromatic heterocycles. The molecule has 0 aliphatic rings. The van der Waals surface area contributed by atoms with Crippen molar-refractivity contribution < 1.29 is 14.3 Å². The van der Waals surface area contributed by atoms with Crippen LogP contribution in [-0.4, -0.2) is 25.2 Å². The van der Waals surface area contributed by atoms with Crippen LogP contribution in [0.4, 0.5) is 0 Å². The summed E-state index contributed by atoms with van der Waals surface area (Å²) in [6.45, 7) is 1.70. The van der Waals surface area contributed by atoms with Crippen LogP contribution in [0.3, 0.4) is 0 Å². The zero-order valence-corrected chi connectivity index (χ0v) is 8.70. The molecule has 1 aromatic rings. The zero-order chi connectivity index (χ0) is 11.4. The summed E-state index contributed by atoms with van der Waals surface area (Å²) in [7, 11) is 2.65. The summed E-state index contributed by atoms with van der Waals surface area (Å²) in [6.07, 6.45) is 0. The van der Waals surface area contributed by atoms with E-state index in [1.54, 1.807) is 6.92 Å². The van der Waals surface area contributed by atoms with Gasteiger partial charge in [-0.25, -0.2) is 9.78 Å². The first-order valence-electron chi connectivity index (χ1n) is 4.18. The van der Waals surface area contributed by atoms with Gasteiger partial charge in [-0.3, -0.25) is 0 Å². The Hall–Kier alpha value is -2.09. The van der Waals surface area contributed by atoms with Crippen LogP contribution in [0.1, 0.15) is 21.6 Å². The van der Waals surface area contributed by atoms with Crippen molar-refractivity contribution in [2.75, 3.05) is 14.2 Å². The number of aromatic nitrogens is 1. The van der Waals surface area contributed by atoms with Crippen LogP contribution in [0.25, 0.3) is 0 Å². The second-order valence-electron chi connectivity index (χ2n) is 2.80. The highest BCUT2D eigenvalue weighted by atomic mass is 16.5. The Balaban J connectivity index is 3.43.